The van der Waals surface area contributed by atoms with E-state index in [0.29, 0.717) is 0 Å². The molecule has 2 atom stereocenters. The van der Waals surface area contributed by atoms with Gasteiger partial charge in [0.1, 0.15) is 0 Å². The van der Waals surface area contributed by atoms with Crippen molar-refractivity contribution >= 4 is 0 Å². The Bertz CT molecular complexity index is 268. The zero-order chi connectivity index (χ0) is 13.1. The molecule has 3 fully saturated rings. The summed E-state index contributed by atoms with van der Waals surface area (Å²) >= 11 is 0. The molecule has 1 aliphatic heterocycles. The van der Waals surface area contributed by atoms with Crippen molar-refractivity contribution in [3.8, 4) is 0 Å². The molecule has 3 rings (SSSR count). The van der Waals surface area contributed by atoms with Crippen molar-refractivity contribution in [3.05, 3.63) is 0 Å². The fraction of sp³-hybridized carbons (Fsp3) is 1.00. The van der Waals surface area contributed by atoms with Crippen LogP contribution in [0.1, 0.15) is 64.7 Å². The third-order valence-electron chi connectivity index (χ3n) is 5.67. The van der Waals surface area contributed by atoms with Crippen LogP contribution in [0.5, 0.6) is 0 Å². The first-order valence-corrected chi connectivity index (χ1v) is 8.86. The molecule has 3 aliphatic rings. The molecule has 2 aliphatic carbocycles. The van der Waals surface area contributed by atoms with Gasteiger partial charge in [-0.25, -0.2) is 0 Å². The van der Waals surface area contributed by atoms with Crippen LogP contribution in [0.15, 0.2) is 0 Å². The highest BCUT2D eigenvalue weighted by molar-refractivity contribution is 4.96. The fourth-order valence-electron chi connectivity index (χ4n) is 4.27. The first-order chi connectivity index (χ1) is 9.38. The summed E-state index contributed by atoms with van der Waals surface area (Å²) in [5.74, 6) is 2.00. The van der Waals surface area contributed by atoms with Gasteiger partial charge in [-0.05, 0) is 50.5 Å². The van der Waals surface area contributed by atoms with Crippen LogP contribution >= 0.6 is 0 Å². The summed E-state index contributed by atoms with van der Waals surface area (Å²) in [6.07, 6.45) is 13.1. The van der Waals surface area contributed by atoms with E-state index in [1.807, 2.05) is 0 Å². The zero-order valence-electron chi connectivity index (χ0n) is 12.7. The molecule has 0 spiro atoms. The molecule has 2 unspecified atom stereocenters. The van der Waals surface area contributed by atoms with Crippen molar-refractivity contribution in [2.24, 2.45) is 11.8 Å². The van der Waals surface area contributed by atoms with Crippen LogP contribution in [-0.4, -0.2) is 36.6 Å². The Hall–Kier alpha value is -0.0800. The van der Waals surface area contributed by atoms with Crippen molar-refractivity contribution in [1.29, 1.82) is 0 Å². The summed E-state index contributed by atoms with van der Waals surface area (Å²) < 4.78 is 0. The molecule has 0 radical (unpaired) electrons. The van der Waals surface area contributed by atoms with E-state index in [1.165, 1.54) is 77.4 Å². The van der Waals surface area contributed by atoms with Gasteiger partial charge in [0.05, 0.1) is 0 Å². The molecule has 0 aromatic carbocycles. The normalized spacial score (nSPS) is 34.6. The predicted molar refractivity (Wildman–Crippen MR) is 81.4 cm³/mol. The lowest BCUT2D eigenvalue weighted by Gasteiger charge is -2.44. The smallest absolute Gasteiger partial charge is 0.0249 e. The molecule has 110 valence electrons. The van der Waals surface area contributed by atoms with E-state index in [2.05, 4.69) is 17.1 Å². The molecule has 1 saturated heterocycles. The predicted octanol–water partition coefficient (Wildman–Crippen LogP) is 3.42. The number of nitrogens with zero attached hydrogens (tertiary/aromatic N) is 1. The number of hydrogen-bond acceptors (Lipinski definition) is 2. The molecule has 1 N–H and O–H groups in total. The summed E-state index contributed by atoms with van der Waals surface area (Å²) in [5.41, 5.74) is 0. The van der Waals surface area contributed by atoms with Crippen molar-refractivity contribution in [3.63, 3.8) is 0 Å². The Balaban J connectivity index is 1.56. The van der Waals surface area contributed by atoms with Crippen molar-refractivity contribution in [2.45, 2.75) is 76.8 Å². The van der Waals surface area contributed by atoms with Crippen LogP contribution in [-0.2, 0) is 0 Å². The minimum Gasteiger partial charge on any atom is -0.311 e. The molecular weight excluding hydrogens is 232 g/mol. The molecule has 2 heteroatoms. The SMILES string of the molecule is CCCCN1CC(C2CCCCC2)NCC1C1CC1. The van der Waals surface area contributed by atoms with Crippen LogP contribution in [0.3, 0.4) is 0 Å². The van der Waals surface area contributed by atoms with Crippen LogP contribution in [0.2, 0.25) is 0 Å². The largest absolute Gasteiger partial charge is 0.311 e. The van der Waals surface area contributed by atoms with E-state index >= 15 is 0 Å². The van der Waals surface area contributed by atoms with Crippen LogP contribution in [0, 0.1) is 11.8 Å². The van der Waals surface area contributed by atoms with Crippen LogP contribution in [0.25, 0.3) is 0 Å². The molecule has 1 heterocycles. The van der Waals surface area contributed by atoms with Gasteiger partial charge in [-0.2, -0.15) is 0 Å². The Morgan fingerprint density at radius 1 is 1.00 bits per heavy atom. The molecule has 19 heavy (non-hydrogen) atoms. The van der Waals surface area contributed by atoms with Gasteiger partial charge in [-0.1, -0.05) is 32.6 Å². The Morgan fingerprint density at radius 2 is 1.79 bits per heavy atom. The number of rotatable bonds is 5. The Labute approximate surface area is 119 Å². The number of unbranched alkanes of at least 4 members (excludes halogenated alkanes) is 1. The molecule has 0 amide bonds. The molecule has 2 saturated carbocycles. The maximum Gasteiger partial charge on any atom is 0.0249 e. The molecule has 0 aromatic heterocycles. The highest BCUT2D eigenvalue weighted by atomic mass is 15.2. The lowest BCUT2D eigenvalue weighted by atomic mass is 9.82. The maximum absolute atomic E-state index is 3.92. The van der Waals surface area contributed by atoms with Crippen LogP contribution < -0.4 is 5.32 Å². The average Bonchev–Trinajstić information content (AvgIpc) is 3.30. The van der Waals surface area contributed by atoms with Gasteiger partial charge >= 0.3 is 0 Å². The minimum absolute atomic E-state index is 0.798. The standard InChI is InChI=1S/C17H32N2/c1-2-3-11-19-13-16(14-7-5-4-6-8-14)18-12-17(19)15-9-10-15/h14-18H,2-13H2,1H3. The molecule has 0 bridgehead atoms. The number of nitrogens with one attached hydrogen (secondary N) is 1. The lowest BCUT2D eigenvalue weighted by molar-refractivity contribution is 0.0834. The second kappa shape index (κ2) is 6.58. The second-order valence-electron chi connectivity index (χ2n) is 7.17. The number of piperazine rings is 1. The third-order valence-corrected chi connectivity index (χ3v) is 5.67. The monoisotopic (exact) mass is 264 g/mol. The second-order valence-corrected chi connectivity index (χ2v) is 7.17. The van der Waals surface area contributed by atoms with Crippen molar-refractivity contribution < 1.29 is 0 Å². The molecular formula is C17H32N2. The quantitative estimate of drug-likeness (QED) is 0.818. The lowest BCUT2D eigenvalue weighted by Crippen LogP contribution is -2.59. The Morgan fingerprint density at radius 3 is 2.47 bits per heavy atom. The van der Waals surface area contributed by atoms with E-state index in [4.69, 9.17) is 0 Å². The van der Waals surface area contributed by atoms with E-state index < -0.39 is 0 Å². The van der Waals surface area contributed by atoms with E-state index in [-0.39, 0.29) is 0 Å². The molecule has 2 nitrogen and oxygen atoms in total. The first kappa shape index (κ1) is 13.9. The Kier molecular flexibility index (Phi) is 4.81. The van der Waals surface area contributed by atoms with Crippen molar-refractivity contribution in [1.82, 2.24) is 10.2 Å². The van der Waals surface area contributed by atoms with E-state index in [0.717, 1.165) is 23.9 Å². The van der Waals surface area contributed by atoms with E-state index in [9.17, 15) is 0 Å². The summed E-state index contributed by atoms with van der Waals surface area (Å²) in [4.78, 5) is 2.86. The summed E-state index contributed by atoms with van der Waals surface area (Å²) in [7, 11) is 0. The fourth-order valence-corrected chi connectivity index (χ4v) is 4.27. The van der Waals surface area contributed by atoms with Gasteiger partial charge < -0.3 is 5.32 Å². The summed E-state index contributed by atoms with van der Waals surface area (Å²) in [5, 5.41) is 3.92. The topological polar surface area (TPSA) is 15.3 Å². The van der Waals surface area contributed by atoms with E-state index in [1.54, 1.807) is 0 Å². The summed E-state index contributed by atoms with van der Waals surface area (Å²) in [6.45, 7) is 6.29. The van der Waals surface area contributed by atoms with Gasteiger partial charge in [0.25, 0.3) is 0 Å². The zero-order valence-corrected chi connectivity index (χ0v) is 12.7. The maximum atomic E-state index is 3.92. The highest BCUT2D eigenvalue weighted by Crippen LogP contribution is 2.37. The van der Waals surface area contributed by atoms with Gasteiger partial charge in [0.2, 0.25) is 0 Å². The first-order valence-electron chi connectivity index (χ1n) is 8.86. The summed E-state index contributed by atoms with van der Waals surface area (Å²) in [6, 6.07) is 1.67. The minimum atomic E-state index is 0.798. The van der Waals surface area contributed by atoms with Crippen molar-refractivity contribution in [2.75, 3.05) is 19.6 Å². The third kappa shape index (κ3) is 3.52. The van der Waals surface area contributed by atoms with Crippen LogP contribution in [0.4, 0.5) is 0 Å². The van der Waals surface area contributed by atoms with Gasteiger partial charge in [0.15, 0.2) is 0 Å². The van der Waals surface area contributed by atoms with Gasteiger partial charge in [-0.15, -0.1) is 0 Å². The van der Waals surface area contributed by atoms with Gasteiger partial charge in [0, 0.05) is 25.2 Å². The number of hydrogen-bond donors (Lipinski definition) is 1. The molecule has 0 aromatic rings. The van der Waals surface area contributed by atoms with Gasteiger partial charge in [-0.3, -0.25) is 4.90 Å². The average molecular weight is 264 g/mol. The highest BCUT2D eigenvalue weighted by Gasteiger charge is 2.39.